The summed E-state index contributed by atoms with van der Waals surface area (Å²) in [4.78, 5) is 27.9. The number of halogens is 2. The Morgan fingerprint density at radius 3 is 2.19 bits per heavy atom. The first-order valence-electron chi connectivity index (χ1n) is 11.9. The second-order valence-corrected chi connectivity index (χ2v) is 11.9. The van der Waals surface area contributed by atoms with Crippen molar-refractivity contribution in [3.8, 4) is 0 Å². The van der Waals surface area contributed by atoms with E-state index in [1.165, 1.54) is 4.31 Å². The van der Waals surface area contributed by atoms with Crippen LogP contribution in [0, 0.1) is 6.92 Å². The second-order valence-electron chi connectivity index (χ2n) is 9.10. The van der Waals surface area contributed by atoms with Gasteiger partial charge >= 0.3 is 0 Å². The molecule has 36 heavy (non-hydrogen) atoms. The quantitative estimate of drug-likeness (QED) is 0.391. The molecule has 0 saturated heterocycles. The molecule has 0 heterocycles. The van der Waals surface area contributed by atoms with Crippen LogP contribution in [0.1, 0.15) is 51.2 Å². The zero-order valence-electron chi connectivity index (χ0n) is 21.4. The SMILES string of the molecule is CC[C@@H](C(=O)NC(C)C)N(Cc1ccc(Cl)cc1)C(=O)CCCN(c1cc(Cl)ccc1C)S(C)(=O)=O. The minimum atomic E-state index is -3.60. The molecule has 2 aromatic rings. The Kier molecular flexibility index (Phi) is 11.1. The topological polar surface area (TPSA) is 86.8 Å². The van der Waals surface area contributed by atoms with Crippen LogP contribution in [0.25, 0.3) is 0 Å². The van der Waals surface area contributed by atoms with Gasteiger partial charge in [-0.1, -0.05) is 48.3 Å². The summed E-state index contributed by atoms with van der Waals surface area (Å²) in [6, 6.07) is 11.5. The molecule has 0 aliphatic rings. The first kappa shape index (κ1) is 29.9. The molecule has 0 saturated carbocycles. The highest BCUT2D eigenvalue weighted by atomic mass is 35.5. The van der Waals surface area contributed by atoms with E-state index in [4.69, 9.17) is 23.2 Å². The monoisotopic (exact) mass is 555 g/mol. The lowest BCUT2D eigenvalue weighted by Gasteiger charge is -2.31. The van der Waals surface area contributed by atoms with Gasteiger partial charge in [0.25, 0.3) is 0 Å². The number of aryl methyl sites for hydroxylation is 1. The molecule has 1 atom stereocenters. The first-order chi connectivity index (χ1) is 16.8. The smallest absolute Gasteiger partial charge is 0.243 e. The van der Waals surface area contributed by atoms with Gasteiger partial charge in [0.05, 0.1) is 11.9 Å². The Labute approximate surface area is 224 Å². The van der Waals surface area contributed by atoms with E-state index in [1.54, 1.807) is 35.2 Å². The second kappa shape index (κ2) is 13.3. The number of benzene rings is 2. The summed E-state index contributed by atoms with van der Waals surface area (Å²) in [6.07, 6.45) is 1.92. The fraction of sp³-hybridized carbons (Fsp3) is 0.462. The predicted octanol–water partition coefficient (Wildman–Crippen LogP) is 5.18. The maximum atomic E-state index is 13.4. The van der Waals surface area contributed by atoms with Gasteiger partial charge in [0, 0.05) is 35.6 Å². The Morgan fingerprint density at radius 2 is 1.64 bits per heavy atom. The lowest BCUT2D eigenvalue weighted by Crippen LogP contribution is -2.50. The molecule has 0 radical (unpaired) electrons. The number of nitrogens with zero attached hydrogens (tertiary/aromatic N) is 2. The van der Waals surface area contributed by atoms with Crippen LogP contribution in [0.2, 0.25) is 10.0 Å². The molecule has 10 heteroatoms. The maximum Gasteiger partial charge on any atom is 0.243 e. The van der Waals surface area contributed by atoms with E-state index < -0.39 is 16.1 Å². The van der Waals surface area contributed by atoms with Gasteiger partial charge in [-0.2, -0.15) is 0 Å². The van der Waals surface area contributed by atoms with E-state index in [1.807, 2.05) is 39.8 Å². The lowest BCUT2D eigenvalue weighted by molar-refractivity contribution is -0.141. The Bertz CT molecular complexity index is 1150. The van der Waals surface area contributed by atoms with E-state index in [0.717, 1.165) is 17.4 Å². The lowest BCUT2D eigenvalue weighted by atomic mass is 10.1. The highest BCUT2D eigenvalue weighted by molar-refractivity contribution is 7.92. The van der Waals surface area contributed by atoms with Crippen LogP contribution in [-0.2, 0) is 26.2 Å². The summed E-state index contributed by atoms with van der Waals surface area (Å²) >= 11 is 12.1. The molecule has 7 nitrogen and oxygen atoms in total. The van der Waals surface area contributed by atoms with Crippen LogP contribution < -0.4 is 9.62 Å². The molecule has 0 aliphatic carbocycles. The van der Waals surface area contributed by atoms with E-state index >= 15 is 0 Å². The van der Waals surface area contributed by atoms with Crippen LogP contribution in [0.15, 0.2) is 42.5 Å². The van der Waals surface area contributed by atoms with Gasteiger partial charge < -0.3 is 10.2 Å². The molecule has 1 N–H and O–H groups in total. The molecule has 2 rings (SSSR count). The summed E-state index contributed by atoms with van der Waals surface area (Å²) < 4.78 is 26.4. The van der Waals surface area contributed by atoms with Crippen LogP contribution in [0.5, 0.6) is 0 Å². The molecule has 0 bridgehead atoms. The highest BCUT2D eigenvalue weighted by Gasteiger charge is 2.29. The molecule has 0 aliphatic heterocycles. The number of sulfonamides is 1. The Balaban J connectivity index is 2.24. The molecule has 2 amide bonds. The average Bonchev–Trinajstić information content (AvgIpc) is 2.78. The number of nitrogens with one attached hydrogen (secondary N) is 1. The molecule has 0 spiro atoms. The molecule has 2 aromatic carbocycles. The standard InChI is InChI=1S/C26H35Cl2N3O4S/c1-6-23(26(33)29-18(2)3)30(17-20-10-13-21(27)14-11-20)25(32)8-7-15-31(36(5,34)35)24-16-22(28)12-9-19(24)4/h9-14,16,18,23H,6-8,15,17H2,1-5H3,(H,29,33)/t23-/m0/s1. The van der Waals surface area contributed by atoms with Gasteiger partial charge in [-0.05, 0) is 69.0 Å². The molecule has 0 fully saturated rings. The van der Waals surface area contributed by atoms with Crippen LogP contribution in [0.3, 0.4) is 0 Å². The number of hydrogen-bond acceptors (Lipinski definition) is 4. The van der Waals surface area contributed by atoms with E-state index in [9.17, 15) is 18.0 Å². The molecule has 0 aromatic heterocycles. The Hall–Kier alpha value is -2.29. The van der Waals surface area contributed by atoms with Crippen molar-refractivity contribution in [1.82, 2.24) is 10.2 Å². The minimum absolute atomic E-state index is 0.0664. The van der Waals surface area contributed by atoms with E-state index in [0.29, 0.717) is 22.2 Å². The van der Waals surface area contributed by atoms with Gasteiger partial charge in [0.1, 0.15) is 6.04 Å². The zero-order chi connectivity index (χ0) is 27.0. The zero-order valence-corrected chi connectivity index (χ0v) is 23.8. The number of amides is 2. The van der Waals surface area contributed by atoms with Gasteiger partial charge in [0.2, 0.25) is 21.8 Å². The Morgan fingerprint density at radius 1 is 1.03 bits per heavy atom. The molecule has 0 unspecified atom stereocenters. The van der Waals surface area contributed by atoms with Gasteiger partial charge in [-0.25, -0.2) is 8.42 Å². The molecular formula is C26H35Cl2N3O4S. The van der Waals surface area contributed by atoms with Crippen LogP contribution in [-0.4, -0.2) is 50.0 Å². The molecular weight excluding hydrogens is 521 g/mol. The average molecular weight is 557 g/mol. The van der Waals surface area contributed by atoms with Gasteiger partial charge in [0.15, 0.2) is 0 Å². The van der Waals surface area contributed by atoms with Crippen molar-refractivity contribution in [1.29, 1.82) is 0 Å². The predicted molar refractivity (Wildman–Crippen MR) is 147 cm³/mol. The van der Waals surface area contributed by atoms with Crippen molar-refractivity contribution in [2.75, 3.05) is 17.1 Å². The number of carbonyl (C=O) groups is 2. The fourth-order valence-corrected chi connectivity index (χ4v) is 5.23. The number of anilines is 1. The van der Waals surface area contributed by atoms with Crippen molar-refractivity contribution in [2.45, 2.75) is 65.6 Å². The first-order valence-corrected chi connectivity index (χ1v) is 14.5. The van der Waals surface area contributed by atoms with Crippen molar-refractivity contribution in [3.63, 3.8) is 0 Å². The van der Waals surface area contributed by atoms with E-state index in [2.05, 4.69) is 5.32 Å². The highest BCUT2D eigenvalue weighted by Crippen LogP contribution is 2.27. The maximum absolute atomic E-state index is 13.4. The normalized spacial score (nSPS) is 12.3. The summed E-state index contributed by atoms with van der Waals surface area (Å²) in [5.41, 5.74) is 2.09. The van der Waals surface area contributed by atoms with E-state index in [-0.39, 0.29) is 43.8 Å². The summed E-state index contributed by atoms with van der Waals surface area (Å²) in [6.45, 7) is 7.75. The third kappa shape index (κ3) is 8.68. The molecule has 198 valence electrons. The van der Waals surface area contributed by atoms with Gasteiger partial charge in [-0.3, -0.25) is 13.9 Å². The largest absolute Gasteiger partial charge is 0.352 e. The number of hydrogen-bond donors (Lipinski definition) is 1. The third-order valence-electron chi connectivity index (χ3n) is 5.68. The third-order valence-corrected chi connectivity index (χ3v) is 7.34. The van der Waals surface area contributed by atoms with Crippen molar-refractivity contribution < 1.29 is 18.0 Å². The van der Waals surface area contributed by atoms with Crippen molar-refractivity contribution >= 4 is 50.7 Å². The van der Waals surface area contributed by atoms with Crippen molar-refractivity contribution in [3.05, 3.63) is 63.6 Å². The summed E-state index contributed by atoms with van der Waals surface area (Å²) in [5.74, 6) is -0.450. The summed E-state index contributed by atoms with van der Waals surface area (Å²) in [5, 5.41) is 3.91. The van der Waals surface area contributed by atoms with Crippen LogP contribution >= 0.6 is 23.2 Å². The minimum Gasteiger partial charge on any atom is -0.352 e. The van der Waals surface area contributed by atoms with Gasteiger partial charge in [-0.15, -0.1) is 0 Å². The number of rotatable bonds is 12. The van der Waals surface area contributed by atoms with Crippen molar-refractivity contribution in [2.24, 2.45) is 0 Å². The van der Waals surface area contributed by atoms with Crippen LogP contribution in [0.4, 0.5) is 5.69 Å². The fourth-order valence-electron chi connectivity index (χ4n) is 3.92. The number of carbonyl (C=O) groups excluding carboxylic acids is 2. The summed E-state index contributed by atoms with van der Waals surface area (Å²) in [7, 11) is -3.60.